The lowest BCUT2D eigenvalue weighted by molar-refractivity contribution is 0.135. The first-order valence-corrected chi connectivity index (χ1v) is 6.83. The van der Waals surface area contributed by atoms with Gasteiger partial charge in [0.1, 0.15) is 0 Å². The predicted octanol–water partition coefficient (Wildman–Crippen LogP) is 1.79. The van der Waals surface area contributed by atoms with E-state index in [1.807, 2.05) is 31.3 Å². The Balaban J connectivity index is 1.72. The number of carbonyl (C=O) groups excluding carboxylic acids is 1. The number of hydrogen-bond acceptors (Lipinski definition) is 4. The molecule has 0 spiro atoms. The molecule has 1 saturated heterocycles. The molecule has 0 bridgehead atoms. The quantitative estimate of drug-likeness (QED) is 0.900. The van der Waals surface area contributed by atoms with Crippen LogP contribution in [-0.2, 0) is 11.3 Å². The molecule has 1 aliphatic heterocycles. The van der Waals surface area contributed by atoms with Gasteiger partial charge in [-0.15, -0.1) is 0 Å². The average Bonchev–Trinajstić information content (AvgIpc) is 2.42. The minimum atomic E-state index is -0.300. The Morgan fingerprint density at radius 2 is 2.26 bits per heavy atom. The number of aromatic nitrogens is 1. The lowest BCUT2D eigenvalue weighted by Crippen LogP contribution is -2.44. The normalized spacial score (nSPS) is 17.1. The fourth-order valence-electron chi connectivity index (χ4n) is 2.30. The zero-order chi connectivity index (χ0) is 13.5. The number of hydrogen-bond donors (Lipinski definition) is 1. The number of nitrogens with one attached hydrogen (secondary N) is 1. The number of pyridine rings is 1. The summed E-state index contributed by atoms with van der Waals surface area (Å²) in [7, 11) is 0. The van der Waals surface area contributed by atoms with E-state index in [0.717, 1.165) is 38.2 Å². The highest BCUT2D eigenvalue weighted by Crippen LogP contribution is 2.12. The van der Waals surface area contributed by atoms with Gasteiger partial charge in [0.05, 0.1) is 12.3 Å². The van der Waals surface area contributed by atoms with Crippen LogP contribution in [-0.4, -0.2) is 41.7 Å². The summed E-state index contributed by atoms with van der Waals surface area (Å²) in [6.07, 6.45) is 3.45. The van der Waals surface area contributed by atoms with Crippen molar-refractivity contribution in [3.05, 3.63) is 30.1 Å². The highest BCUT2D eigenvalue weighted by Gasteiger charge is 2.21. The third-order valence-electron chi connectivity index (χ3n) is 3.30. The van der Waals surface area contributed by atoms with Crippen molar-refractivity contribution in [3.63, 3.8) is 0 Å². The van der Waals surface area contributed by atoms with Crippen LogP contribution >= 0.6 is 0 Å². The topological polar surface area (TPSA) is 54.5 Å². The van der Waals surface area contributed by atoms with Gasteiger partial charge in [0.25, 0.3) is 0 Å². The maximum Gasteiger partial charge on any atom is 0.407 e. The molecule has 0 atom stereocenters. The van der Waals surface area contributed by atoms with E-state index in [1.54, 1.807) is 0 Å². The van der Waals surface area contributed by atoms with Crippen molar-refractivity contribution in [2.45, 2.75) is 32.4 Å². The van der Waals surface area contributed by atoms with Gasteiger partial charge in [-0.3, -0.25) is 9.88 Å². The second kappa shape index (κ2) is 7.09. The molecule has 1 amide bonds. The van der Waals surface area contributed by atoms with Crippen molar-refractivity contribution >= 4 is 6.09 Å². The highest BCUT2D eigenvalue weighted by atomic mass is 16.5. The SMILES string of the molecule is CCOC(=O)NC1CCN(Cc2ccccn2)CC1. The average molecular weight is 263 g/mol. The summed E-state index contributed by atoms with van der Waals surface area (Å²) in [6, 6.07) is 6.22. The Morgan fingerprint density at radius 1 is 1.47 bits per heavy atom. The number of rotatable bonds is 4. The van der Waals surface area contributed by atoms with Crippen molar-refractivity contribution < 1.29 is 9.53 Å². The van der Waals surface area contributed by atoms with Crippen LogP contribution in [0.25, 0.3) is 0 Å². The lowest BCUT2D eigenvalue weighted by Gasteiger charge is -2.31. The molecule has 1 aromatic rings. The van der Waals surface area contributed by atoms with Crippen LogP contribution in [0.15, 0.2) is 24.4 Å². The molecule has 1 aliphatic rings. The molecule has 0 radical (unpaired) electrons. The zero-order valence-corrected chi connectivity index (χ0v) is 11.3. The summed E-state index contributed by atoms with van der Waals surface area (Å²) in [5.74, 6) is 0. The molecule has 0 unspecified atom stereocenters. The Hall–Kier alpha value is -1.62. The summed E-state index contributed by atoms with van der Waals surface area (Å²) in [5, 5.41) is 2.90. The Kier molecular flexibility index (Phi) is 5.15. The first kappa shape index (κ1) is 13.8. The molecule has 5 heteroatoms. The number of alkyl carbamates (subject to hydrolysis) is 1. The standard InChI is InChI=1S/C14H21N3O2/c1-2-19-14(18)16-12-6-9-17(10-7-12)11-13-5-3-4-8-15-13/h3-5,8,12H,2,6-7,9-11H2,1H3,(H,16,18). The van der Waals surface area contributed by atoms with E-state index in [0.29, 0.717) is 6.61 Å². The van der Waals surface area contributed by atoms with Crippen LogP contribution < -0.4 is 5.32 Å². The van der Waals surface area contributed by atoms with Gasteiger partial charge in [0.2, 0.25) is 0 Å². The van der Waals surface area contributed by atoms with Crippen molar-refractivity contribution in [2.75, 3.05) is 19.7 Å². The van der Waals surface area contributed by atoms with Crippen LogP contribution in [0, 0.1) is 0 Å². The van der Waals surface area contributed by atoms with Crippen molar-refractivity contribution in [2.24, 2.45) is 0 Å². The summed E-state index contributed by atoms with van der Waals surface area (Å²) in [6.45, 7) is 5.08. The smallest absolute Gasteiger partial charge is 0.407 e. The van der Waals surface area contributed by atoms with E-state index in [-0.39, 0.29) is 12.1 Å². The van der Waals surface area contributed by atoms with Gasteiger partial charge in [0, 0.05) is 31.9 Å². The molecule has 5 nitrogen and oxygen atoms in total. The predicted molar refractivity (Wildman–Crippen MR) is 72.7 cm³/mol. The molecular formula is C14H21N3O2. The van der Waals surface area contributed by atoms with Crippen LogP contribution in [0.3, 0.4) is 0 Å². The Morgan fingerprint density at radius 3 is 2.89 bits per heavy atom. The molecule has 1 aromatic heterocycles. The zero-order valence-electron chi connectivity index (χ0n) is 11.3. The van der Waals surface area contributed by atoms with E-state index in [4.69, 9.17) is 4.74 Å². The summed E-state index contributed by atoms with van der Waals surface area (Å²) in [4.78, 5) is 18.0. The van der Waals surface area contributed by atoms with Crippen molar-refractivity contribution in [3.8, 4) is 0 Å². The lowest BCUT2D eigenvalue weighted by atomic mass is 10.1. The molecule has 0 aromatic carbocycles. The molecule has 104 valence electrons. The molecule has 1 N–H and O–H groups in total. The van der Waals surface area contributed by atoms with Gasteiger partial charge in [-0.05, 0) is 31.9 Å². The Bertz CT molecular complexity index is 389. The first-order valence-electron chi connectivity index (χ1n) is 6.83. The van der Waals surface area contributed by atoms with Gasteiger partial charge in [0.15, 0.2) is 0 Å². The summed E-state index contributed by atoms with van der Waals surface area (Å²) >= 11 is 0. The van der Waals surface area contributed by atoms with Crippen LogP contribution in [0.5, 0.6) is 0 Å². The van der Waals surface area contributed by atoms with Gasteiger partial charge >= 0.3 is 6.09 Å². The van der Waals surface area contributed by atoms with E-state index in [9.17, 15) is 4.79 Å². The van der Waals surface area contributed by atoms with E-state index < -0.39 is 0 Å². The summed E-state index contributed by atoms with van der Waals surface area (Å²) in [5.41, 5.74) is 1.10. The van der Waals surface area contributed by atoms with E-state index >= 15 is 0 Å². The third kappa shape index (κ3) is 4.52. The van der Waals surface area contributed by atoms with Crippen molar-refractivity contribution in [1.82, 2.24) is 15.2 Å². The van der Waals surface area contributed by atoms with Crippen LogP contribution in [0.4, 0.5) is 4.79 Å². The molecular weight excluding hydrogens is 242 g/mol. The first-order chi connectivity index (χ1) is 9.28. The van der Waals surface area contributed by atoms with Crippen LogP contribution in [0.1, 0.15) is 25.5 Å². The van der Waals surface area contributed by atoms with Gasteiger partial charge in [-0.2, -0.15) is 0 Å². The van der Waals surface area contributed by atoms with Gasteiger partial charge in [-0.25, -0.2) is 4.79 Å². The third-order valence-corrected chi connectivity index (χ3v) is 3.30. The molecule has 0 saturated carbocycles. The minimum Gasteiger partial charge on any atom is -0.450 e. The highest BCUT2D eigenvalue weighted by molar-refractivity contribution is 5.67. The molecule has 2 heterocycles. The fourth-order valence-corrected chi connectivity index (χ4v) is 2.30. The molecule has 19 heavy (non-hydrogen) atoms. The number of piperidine rings is 1. The number of carbonyl (C=O) groups is 1. The molecule has 2 rings (SSSR count). The molecule has 0 aliphatic carbocycles. The molecule has 1 fully saturated rings. The van der Waals surface area contributed by atoms with Gasteiger partial charge < -0.3 is 10.1 Å². The maximum atomic E-state index is 11.3. The number of amides is 1. The largest absolute Gasteiger partial charge is 0.450 e. The van der Waals surface area contributed by atoms with E-state index in [1.165, 1.54) is 0 Å². The van der Waals surface area contributed by atoms with Crippen LogP contribution in [0.2, 0.25) is 0 Å². The Labute approximate surface area is 114 Å². The van der Waals surface area contributed by atoms with Crippen molar-refractivity contribution in [1.29, 1.82) is 0 Å². The fraction of sp³-hybridized carbons (Fsp3) is 0.571. The minimum absolute atomic E-state index is 0.235. The summed E-state index contributed by atoms with van der Waals surface area (Å²) < 4.78 is 4.89. The number of likely N-dealkylation sites (tertiary alicyclic amines) is 1. The maximum absolute atomic E-state index is 11.3. The van der Waals surface area contributed by atoms with Gasteiger partial charge in [-0.1, -0.05) is 6.07 Å². The van der Waals surface area contributed by atoms with E-state index in [2.05, 4.69) is 15.2 Å². The number of nitrogens with zero attached hydrogens (tertiary/aromatic N) is 2. The number of ether oxygens (including phenoxy) is 1. The second-order valence-corrected chi connectivity index (χ2v) is 4.74. The second-order valence-electron chi connectivity index (χ2n) is 4.74. The monoisotopic (exact) mass is 263 g/mol.